The van der Waals surface area contributed by atoms with Crippen LogP contribution in [-0.4, -0.2) is 11.3 Å². The van der Waals surface area contributed by atoms with Crippen molar-refractivity contribution in [2.45, 2.75) is 11.9 Å². The summed E-state index contributed by atoms with van der Waals surface area (Å²) in [6, 6.07) is 10.2. The molecule has 6 nitrogen and oxygen atoms in total. The third-order valence-corrected chi connectivity index (χ3v) is 3.06. The number of benzene rings is 2. The molecule has 0 heterocycles. The molecule has 0 fully saturated rings. The normalized spacial score (nSPS) is 13.0. The molecule has 2 aromatic carbocycles. The summed E-state index contributed by atoms with van der Waals surface area (Å²) in [7, 11) is 0. The Morgan fingerprint density at radius 2 is 1.67 bits per heavy atom. The predicted molar refractivity (Wildman–Crippen MR) is 79.3 cm³/mol. The topological polar surface area (TPSA) is 77.1 Å². The second-order valence-corrected chi connectivity index (χ2v) is 4.86. The fraction of sp³-hybridized carbons (Fsp3) is 0.143. The molecule has 126 valence electrons. The Morgan fingerprint density at radius 1 is 1.08 bits per heavy atom. The molecule has 0 bridgehead atoms. The number of nitro benzene ring substituents is 1. The number of hydrogen-bond donors (Lipinski definition) is 0. The van der Waals surface area contributed by atoms with Crippen molar-refractivity contribution in [2.75, 3.05) is 0 Å². The highest BCUT2D eigenvalue weighted by molar-refractivity contribution is 6.20. The Kier molecular flexibility index (Phi) is 5.35. The van der Waals surface area contributed by atoms with Crippen LogP contribution in [0.3, 0.4) is 0 Å². The van der Waals surface area contributed by atoms with Crippen LogP contribution >= 0.6 is 11.6 Å². The fourth-order valence-corrected chi connectivity index (χ4v) is 1.84. The molecular formula is C14H9ClF3N3O3. The first-order chi connectivity index (χ1) is 11.2. The Morgan fingerprint density at radius 3 is 2.17 bits per heavy atom. The van der Waals surface area contributed by atoms with E-state index in [2.05, 4.69) is 15.0 Å². The third-order valence-electron chi connectivity index (χ3n) is 2.72. The number of nitro groups is 1. The van der Waals surface area contributed by atoms with Gasteiger partial charge < -0.3 is 4.74 Å². The molecule has 0 N–H and O–H groups in total. The lowest BCUT2D eigenvalue weighted by Gasteiger charge is -2.08. The van der Waals surface area contributed by atoms with Crippen LogP contribution in [0.1, 0.15) is 11.1 Å². The minimum atomic E-state index is -4.76. The second-order valence-electron chi connectivity index (χ2n) is 4.44. The van der Waals surface area contributed by atoms with E-state index in [1.807, 2.05) is 0 Å². The lowest BCUT2D eigenvalue weighted by atomic mass is 10.2. The maximum absolute atomic E-state index is 12.0. The van der Waals surface area contributed by atoms with Gasteiger partial charge in [-0.05, 0) is 42.0 Å². The molecule has 1 atom stereocenters. The summed E-state index contributed by atoms with van der Waals surface area (Å²) < 4.78 is 39.8. The number of alkyl halides is 4. The molecule has 0 saturated heterocycles. The van der Waals surface area contributed by atoms with Gasteiger partial charge >= 0.3 is 6.36 Å². The summed E-state index contributed by atoms with van der Waals surface area (Å²) in [6.45, 7) is 0. The molecule has 24 heavy (non-hydrogen) atoms. The summed E-state index contributed by atoms with van der Waals surface area (Å²) in [6.07, 6.45) is -4.76. The second kappa shape index (κ2) is 7.26. The van der Waals surface area contributed by atoms with Gasteiger partial charge in [-0.1, -0.05) is 11.6 Å². The largest absolute Gasteiger partial charge is 0.573 e. The Labute approximate surface area is 138 Å². The maximum atomic E-state index is 12.0. The van der Waals surface area contributed by atoms with Gasteiger partial charge in [-0.15, -0.1) is 13.2 Å². The Bertz CT molecular complexity index is 734. The highest BCUT2D eigenvalue weighted by Crippen LogP contribution is 2.28. The number of hydrogen-bond acceptors (Lipinski definition) is 5. The molecular weight excluding hydrogens is 351 g/mol. The van der Waals surface area contributed by atoms with E-state index in [4.69, 9.17) is 11.6 Å². The van der Waals surface area contributed by atoms with Crippen LogP contribution in [-0.2, 0) is 0 Å². The van der Waals surface area contributed by atoms with Crippen LogP contribution in [0.5, 0.6) is 5.75 Å². The zero-order chi connectivity index (χ0) is 17.7. The van der Waals surface area contributed by atoms with Gasteiger partial charge in [-0.3, -0.25) is 10.1 Å². The van der Waals surface area contributed by atoms with E-state index in [0.29, 0.717) is 5.56 Å². The first-order valence-corrected chi connectivity index (χ1v) is 6.83. The molecule has 0 spiro atoms. The number of ether oxygens (including phenoxy) is 1. The van der Waals surface area contributed by atoms with Gasteiger partial charge in [0, 0.05) is 12.1 Å². The van der Waals surface area contributed by atoms with Crippen molar-refractivity contribution in [2.24, 2.45) is 10.2 Å². The van der Waals surface area contributed by atoms with Gasteiger partial charge in [0.2, 0.25) is 0 Å². The van der Waals surface area contributed by atoms with E-state index in [0.717, 1.165) is 12.1 Å². The first kappa shape index (κ1) is 17.7. The third kappa shape index (κ3) is 5.20. The monoisotopic (exact) mass is 359 g/mol. The van der Waals surface area contributed by atoms with Crippen molar-refractivity contribution in [1.82, 2.24) is 0 Å². The number of halogens is 4. The van der Waals surface area contributed by atoms with Gasteiger partial charge in [0.05, 0.1) is 10.6 Å². The Hall–Kier alpha value is -2.68. The van der Waals surface area contributed by atoms with E-state index >= 15 is 0 Å². The molecule has 0 aliphatic carbocycles. The highest BCUT2D eigenvalue weighted by atomic mass is 35.5. The average molecular weight is 360 g/mol. The summed E-state index contributed by atoms with van der Waals surface area (Å²) >= 11 is 6.00. The minimum absolute atomic E-state index is 0.0835. The molecule has 2 rings (SSSR count). The number of nitrogens with zero attached hydrogens (tertiary/aromatic N) is 3. The lowest BCUT2D eigenvalue weighted by Crippen LogP contribution is -2.16. The van der Waals surface area contributed by atoms with Crippen molar-refractivity contribution in [1.29, 1.82) is 0 Å². The quantitative estimate of drug-likeness (QED) is 0.232. The fourth-order valence-electron chi connectivity index (χ4n) is 1.65. The molecule has 0 saturated carbocycles. The maximum Gasteiger partial charge on any atom is 0.573 e. The standard InChI is InChI=1S/C14H9ClF3N3O3/c15-13(9-1-5-11(6-2-9)21(22)23)20-19-10-3-7-12(8-4-10)24-14(16,17)18/h1-8,13H. The van der Waals surface area contributed by atoms with Gasteiger partial charge in [-0.2, -0.15) is 10.2 Å². The van der Waals surface area contributed by atoms with E-state index in [9.17, 15) is 23.3 Å². The molecule has 2 aromatic rings. The molecule has 0 aliphatic rings. The van der Waals surface area contributed by atoms with Gasteiger partial charge in [0.15, 0.2) is 5.50 Å². The van der Waals surface area contributed by atoms with Gasteiger partial charge in [-0.25, -0.2) is 0 Å². The number of non-ortho nitro benzene ring substituents is 1. The average Bonchev–Trinajstić information content (AvgIpc) is 2.52. The Balaban J connectivity index is 2.03. The van der Waals surface area contributed by atoms with Crippen molar-refractivity contribution in [3.63, 3.8) is 0 Å². The van der Waals surface area contributed by atoms with Crippen molar-refractivity contribution < 1.29 is 22.8 Å². The van der Waals surface area contributed by atoms with Crippen molar-refractivity contribution in [3.8, 4) is 5.75 Å². The molecule has 0 radical (unpaired) electrons. The first-order valence-electron chi connectivity index (χ1n) is 6.40. The highest BCUT2D eigenvalue weighted by Gasteiger charge is 2.30. The summed E-state index contributed by atoms with van der Waals surface area (Å²) in [5.74, 6) is -0.376. The molecule has 0 aromatic heterocycles. The van der Waals surface area contributed by atoms with E-state index < -0.39 is 16.8 Å². The molecule has 0 aliphatic heterocycles. The minimum Gasteiger partial charge on any atom is -0.406 e. The summed E-state index contributed by atoms with van der Waals surface area (Å²) in [5, 5.41) is 18.2. The van der Waals surface area contributed by atoms with Crippen LogP contribution in [0.4, 0.5) is 24.5 Å². The number of rotatable bonds is 5. The van der Waals surface area contributed by atoms with Crippen LogP contribution in [0.2, 0.25) is 0 Å². The zero-order valence-electron chi connectivity index (χ0n) is 11.8. The summed E-state index contributed by atoms with van der Waals surface area (Å²) in [4.78, 5) is 10.0. The SMILES string of the molecule is O=[N+]([O-])c1ccc(C(Cl)N=Nc2ccc(OC(F)(F)F)cc2)cc1. The van der Waals surface area contributed by atoms with Gasteiger partial charge in [0.1, 0.15) is 5.75 Å². The van der Waals surface area contributed by atoms with Crippen LogP contribution < -0.4 is 4.74 Å². The summed E-state index contributed by atoms with van der Waals surface area (Å²) in [5.41, 5.74) is -0.211. The zero-order valence-corrected chi connectivity index (χ0v) is 12.5. The number of azo groups is 1. The predicted octanol–water partition coefficient (Wildman–Crippen LogP) is 5.51. The van der Waals surface area contributed by atoms with Gasteiger partial charge in [0.25, 0.3) is 5.69 Å². The van der Waals surface area contributed by atoms with Crippen LogP contribution in [0, 0.1) is 10.1 Å². The van der Waals surface area contributed by atoms with Crippen molar-refractivity contribution in [3.05, 3.63) is 64.2 Å². The van der Waals surface area contributed by atoms with Crippen molar-refractivity contribution >= 4 is 23.0 Å². The molecule has 1 unspecified atom stereocenters. The van der Waals surface area contributed by atoms with Crippen LogP contribution in [0.25, 0.3) is 0 Å². The smallest absolute Gasteiger partial charge is 0.406 e. The van der Waals surface area contributed by atoms with E-state index in [-0.39, 0.29) is 17.1 Å². The molecule has 10 heteroatoms. The molecule has 0 amide bonds. The lowest BCUT2D eigenvalue weighted by molar-refractivity contribution is -0.384. The van der Waals surface area contributed by atoms with E-state index in [1.165, 1.54) is 36.4 Å². The van der Waals surface area contributed by atoms with E-state index in [1.54, 1.807) is 0 Å². The van der Waals surface area contributed by atoms with Crippen LogP contribution in [0.15, 0.2) is 58.8 Å².